The van der Waals surface area contributed by atoms with E-state index in [1.54, 1.807) is 65.2 Å². The molecule has 2 aromatic carbocycles. The summed E-state index contributed by atoms with van der Waals surface area (Å²) in [5, 5.41) is 2.06. The first kappa shape index (κ1) is 53.6. The molecule has 4 aromatic heterocycles. The summed E-state index contributed by atoms with van der Waals surface area (Å²) in [6.45, 7) is 15.4. The number of benzene rings is 2. The molecule has 4 N–H and O–H groups in total. The molecule has 8 rings (SSSR count). The Bertz CT molecular complexity index is 2990. The van der Waals surface area contributed by atoms with Crippen LogP contribution in [0.5, 0.6) is 0 Å². The van der Waals surface area contributed by atoms with E-state index in [4.69, 9.17) is 61.3 Å². The van der Waals surface area contributed by atoms with Gasteiger partial charge in [-0.1, -0.05) is 77.9 Å². The molecule has 1 amide bonds. The van der Waals surface area contributed by atoms with Gasteiger partial charge >= 0.3 is 12.7 Å². The highest BCUT2D eigenvalue weighted by molar-refractivity contribution is 8.07. The zero-order chi connectivity index (χ0) is 52.1. The van der Waals surface area contributed by atoms with Gasteiger partial charge in [-0.25, -0.2) is 29.1 Å². The van der Waals surface area contributed by atoms with E-state index in [2.05, 4.69) is 76.8 Å². The van der Waals surface area contributed by atoms with Crippen LogP contribution in [0.3, 0.4) is 0 Å². The highest BCUT2D eigenvalue weighted by Crippen LogP contribution is 2.52. The summed E-state index contributed by atoms with van der Waals surface area (Å²) in [6.07, 6.45) is -6.64. The van der Waals surface area contributed by atoms with Crippen LogP contribution in [0.1, 0.15) is 74.7 Å². The summed E-state index contributed by atoms with van der Waals surface area (Å²) in [6, 6.07) is 17.0. The van der Waals surface area contributed by atoms with Gasteiger partial charge in [0.2, 0.25) is 5.28 Å². The van der Waals surface area contributed by atoms with Crippen LogP contribution in [0, 0.1) is 0 Å². The van der Waals surface area contributed by atoms with Gasteiger partial charge in [0.1, 0.15) is 36.3 Å². The SMILES string of the molecule is CC(C)(C)[Si](C)(C)OC[C@H]1O[C@@H](n2cnc3c(N)nc(Cl)nc32)C(F)[C@H]1OP(O)(=S)OC[C@H]1O[C@@H](n2cnc3c(NC(=O)c4ccccc4)ncnc32)C(O[Si](C)(C)C(C)(C)C)[C@H]1OC(=O)c1ccccc1. The Hall–Kier alpha value is -4.70. The van der Waals surface area contributed by atoms with Gasteiger partial charge in [0.05, 0.1) is 31.4 Å². The lowest BCUT2D eigenvalue weighted by Crippen LogP contribution is -2.50. The fourth-order valence-corrected chi connectivity index (χ4v) is 11.6. The number of imidazole rings is 2. The van der Waals surface area contributed by atoms with E-state index in [0.29, 0.717) is 5.56 Å². The number of nitrogens with zero attached hydrogens (tertiary/aromatic N) is 8. The van der Waals surface area contributed by atoms with Gasteiger partial charge in [-0.05, 0) is 83.9 Å². The van der Waals surface area contributed by atoms with Crippen LogP contribution in [-0.4, -0.2) is 122 Å². The van der Waals surface area contributed by atoms with Gasteiger partial charge < -0.3 is 43.5 Å². The Morgan fingerprint density at radius 3 is 2.03 bits per heavy atom. The molecule has 6 heterocycles. The summed E-state index contributed by atoms with van der Waals surface area (Å²) in [7, 11) is -5.22. The van der Waals surface area contributed by atoms with Crippen molar-refractivity contribution in [1.82, 2.24) is 39.0 Å². The number of carbonyl (C=O) groups is 2. The average Bonchev–Trinajstić information content (AvgIpc) is 4.09. The second kappa shape index (κ2) is 20.5. The topological polar surface area (TPSA) is 244 Å². The summed E-state index contributed by atoms with van der Waals surface area (Å²) < 4.78 is 65.3. The van der Waals surface area contributed by atoms with E-state index in [-0.39, 0.29) is 61.5 Å². The fraction of sp³-hybridized carbons (Fsp3) is 0.478. The van der Waals surface area contributed by atoms with Crippen LogP contribution in [0.4, 0.5) is 16.0 Å². The third-order valence-corrected chi connectivity index (χ3v) is 24.4. The number of alkyl halides is 1. The molecule has 0 saturated carbocycles. The lowest BCUT2D eigenvalue weighted by atomic mass is 10.1. The Morgan fingerprint density at radius 1 is 0.806 bits per heavy atom. The molecular weight excluding hydrogens is 1030 g/mol. The standard InChI is InChI=1S/C46H59ClFN10O10PSSi2/c1-45(2,3)71(7,8)63-22-29-33(30(48)41(64-29)58-24-52-31-36(49)54-44(47)56-39(31)58)67-69(61,70)62-21-28-34(66-43(60)27-19-15-12-16-20-27)35(68-72(9,10)46(4,5)6)42(65-28)57-25-53-32-37(50-23-51-38(32)57)55-40(59)26-17-13-11-14-18-26/h11-20,23-25,28-30,33-35,41-42H,21-22H2,1-10H3,(H,61,70)(H2,49,54,56)(H,50,51,55,59)/t28-,29-,30?,33+,34+,35?,41-,42-,69?/m1/s1. The third kappa shape index (κ3) is 11.2. The molecule has 0 radical (unpaired) electrons. The van der Waals surface area contributed by atoms with E-state index in [0.717, 1.165) is 0 Å². The molecule has 6 aromatic rings. The number of rotatable bonds is 16. The van der Waals surface area contributed by atoms with Crippen LogP contribution in [0.2, 0.25) is 41.5 Å². The zero-order valence-corrected chi connectivity index (χ0v) is 45.9. The monoisotopic (exact) mass is 1080 g/mol. The molecule has 0 spiro atoms. The largest absolute Gasteiger partial charge is 0.453 e. The van der Waals surface area contributed by atoms with E-state index in [1.165, 1.54) is 23.5 Å². The van der Waals surface area contributed by atoms with E-state index in [9.17, 15) is 14.5 Å². The van der Waals surface area contributed by atoms with E-state index >= 15 is 4.39 Å². The number of halogens is 2. The number of nitrogens with one attached hydrogen (secondary N) is 1. The lowest BCUT2D eigenvalue weighted by Gasteiger charge is -2.40. The Kier molecular flexibility index (Phi) is 15.3. The van der Waals surface area contributed by atoms with Crippen molar-refractivity contribution in [3.8, 4) is 0 Å². The number of nitrogens with two attached hydrogens (primary N) is 1. The van der Waals surface area contributed by atoms with Crippen LogP contribution >= 0.6 is 18.3 Å². The number of aromatic nitrogens is 8. The molecule has 26 heteroatoms. The molecule has 9 atom stereocenters. The van der Waals surface area contributed by atoms with Crippen LogP contribution in [-0.2, 0) is 43.9 Å². The number of nitrogen functional groups attached to an aromatic ring is 1. The number of hydrogen-bond acceptors (Lipinski definition) is 17. The van der Waals surface area contributed by atoms with Crippen molar-refractivity contribution in [1.29, 1.82) is 0 Å². The molecule has 0 aliphatic carbocycles. The minimum absolute atomic E-state index is 0.0188. The maximum absolute atomic E-state index is 17.1. The molecule has 386 valence electrons. The summed E-state index contributed by atoms with van der Waals surface area (Å²) in [4.78, 5) is 65.2. The molecule has 20 nitrogen and oxygen atoms in total. The number of esters is 1. The Morgan fingerprint density at radius 2 is 1.39 bits per heavy atom. The molecule has 3 unspecified atom stereocenters. The number of amides is 1. The first-order chi connectivity index (χ1) is 33.7. The number of anilines is 2. The van der Waals surface area contributed by atoms with Crippen molar-refractivity contribution < 1.29 is 51.0 Å². The van der Waals surface area contributed by atoms with Crippen molar-refractivity contribution in [3.05, 3.63) is 96.1 Å². The van der Waals surface area contributed by atoms with Gasteiger partial charge in [0, 0.05) is 5.56 Å². The molecule has 2 aliphatic heterocycles. The molecule has 72 heavy (non-hydrogen) atoms. The van der Waals surface area contributed by atoms with Crippen molar-refractivity contribution in [2.45, 2.75) is 127 Å². The normalized spacial score (nSPS) is 23.9. The van der Waals surface area contributed by atoms with Gasteiger partial charge in [-0.2, -0.15) is 9.97 Å². The lowest BCUT2D eigenvalue weighted by molar-refractivity contribution is -0.0551. The maximum atomic E-state index is 17.1. The highest BCUT2D eigenvalue weighted by atomic mass is 35.5. The minimum Gasteiger partial charge on any atom is -0.453 e. The van der Waals surface area contributed by atoms with Crippen molar-refractivity contribution in [2.75, 3.05) is 24.3 Å². The second-order valence-electron chi connectivity index (χ2n) is 20.6. The summed E-state index contributed by atoms with van der Waals surface area (Å²) in [5.74, 6) is -0.991. The number of ether oxygens (including phenoxy) is 3. The molecule has 2 fully saturated rings. The number of fused-ring (bicyclic) bond motifs is 2. The van der Waals surface area contributed by atoms with Gasteiger partial charge in [-0.15, -0.1) is 0 Å². The Labute approximate surface area is 428 Å². The molecule has 2 aliphatic rings. The fourth-order valence-electron chi connectivity index (χ4n) is 7.65. The molecule has 0 bridgehead atoms. The van der Waals surface area contributed by atoms with Crippen molar-refractivity contribution >= 4 is 92.6 Å². The number of hydrogen-bond donors (Lipinski definition) is 3. The molecule has 2 saturated heterocycles. The summed E-state index contributed by atoms with van der Waals surface area (Å²) in [5.41, 5.74) is 7.49. The predicted octanol–water partition coefficient (Wildman–Crippen LogP) is 8.54. The maximum Gasteiger partial charge on any atom is 0.338 e. The van der Waals surface area contributed by atoms with Crippen LogP contribution < -0.4 is 11.1 Å². The van der Waals surface area contributed by atoms with Gasteiger partial charge in [0.15, 0.2) is 69.8 Å². The van der Waals surface area contributed by atoms with Crippen molar-refractivity contribution in [2.24, 2.45) is 0 Å². The molecular formula is C46H59ClFN10O10PSSi2. The summed E-state index contributed by atoms with van der Waals surface area (Å²) >= 11 is 11.8. The minimum atomic E-state index is -4.46. The zero-order valence-electron chi connectivity index (χ0n) is 41.4. The van der Waals surface area contributed by atoms with Crippen LogP contribution in [0.25, 0.3) is 22.3 Å². The number of carbonyl (C=O) groups excluding carboxylic acids is 2. The Balaban J connectivity index is 1.12. The average molecular weight is 1090 g/mol. The first-order valence-corrected chi connectivity index (χ1v) is 31.9. The third-order valence-electron chi connectivity index (χ3n) is 13.7. The van der Waals surface area contributed by atoms with Gasteiger partial charge in [-0.3, -0.25) is 18.5 Å². The predicted molar refractivity (Wildman–Crippen MR) is 275 cm³/mol. The van der Waals surface area contributed by atoms with E-state index in [1.807, 2.05) is 26.2 Å². The van der Waals surface area contributed by atoms with E-state index < -0.39 is 91.0 Å². The first-order valence-electron chi connectivity index (χ1n) is 23.1. The second-order valence-corrected chi connectivity index (χ2v) is 33.3. The van der Waals surface area contributed by atoms with Crippen molar-refractivity contribution in [3.63, 3.8) is 0 Å². The quantitative estimate of drug-likeness (QED) is 0.0356. The van der Waals surface area contributed by atoms with Crippen LogP contribution in [0.15, 0.2) is 79.6 Å². The smallest absolute Gasteiger partial charge is 0.338 e. The highest BCUT2D eigenvalue weighted by Gasteiger charge is 2.55. The van der Waals surface area contributed by atoms with Gasteiger partial charge in [0.25, 0.3) is 5.91 Å².